The zero-order chi connectivity index (χ0) is 24.6. The molecule has 1 unspecified atom stereocenters. The van der Waals surface area contributed by atoms with Crippen LogP contribution in [-0.4, -0.2) is 32.5 Å². The SMILES string of the molecule is Cn1nccc1-c1ccc(N2CCc3cc(O)ccc3C2(C)c2ccc(C=CC(=O)O)cc2)cc1. The molecule has 0 radical (unpaired) electrons. The van der Waals surface area contributed by atoms with E-state index in [2.05, 4.69) is 53.3 Å². The van der Waals surface area contributed by atoms with Crippen LogP contribution in [0.25, 0.3) is 17.3 Å². The summed E-state index contributed by atoms with van der Waals surface area (Å²) in [4.78, 5) is 13.3. The summed E-state index contributed by atoms with van der Waals surface area (Å²) >= 11 is 0. The number of benzene rings is 3. The molecule has 0 spiro atoms. The Kier molecular flexibility index (Phi) is 5.65. The number of nitrogens with zero attached hydrogens (tertiary/aromatic N) is 3. The molecule has 6 nitrogen and oxygen atoms in total. The van der Waals surface area contributed by atoms with Gasteiger partial charge in [0.25, 0.3) is 0 Å². The Hall–Kier alpha value is -4.32. The summed E-state index contributed by atoms with van der Waals surface area (Å²) in [6.45, 7) is 3.00. The number of aromatic hydroxyl groups is 1. The van der Waals surface area contributed by atoms with Crippen molar-refractivity contribution >= 4 is 17.7 Å². The van der Waals surface area contributed by atoms with Crippen LogP contribution in [0.3, 0.4) is 0 Å². The zero-order valence-corrected chi connectivity index (χ0v) is 19.7. The summed E-state index contributed by atoms with van der Waals surface area (Å²) in [7, 11) is 1.94. The maximum Gasteiger partial charge on any atom is 0.328 e. The van der Waals surface area contributed by atoms with Crippen LogP contribution in [0.15, 0.2) is 85.1 Å². The maximum atomic E-state index is 10.9. The van der Waals surface area contributed by atoms with Crippen LogP contribution >= 0.6 is 0 Å². The second-order valence-electron chi connectivity index (χ2n) is 9.00. The van der Waals surface area contributed by atoms with Gasteiger partial charge in [0.2, 0.25) is 0 Å². The molecule has 2 heterocycles. The van der Waals surface area contributed by atoms with Crippen LogP contribution in [-0.2, 0) is 23.8 Å². The van der Waals surface area contributed by atoms with Crippen molar-refractivity contribution in [1.29, 1.82) is 0 Å². The Bertz CT molecular complexity index is 1400. The largest absolute Gasteiger partial charge is 0.508 e. The quantitative estimate of drug-likeness (QED) is 0.395. The lowest BCUT2D eigenvalue weighted by Gasteiger charge is -2.48. The molecular formula is C29H27N3O3. The fraction of sp³-hybridized carbons (Fsp3) is 0.172. The van der Waals surface area contributed by atoms with Gasteiger partial charge in [0, 0.05) is 31.6 Å². The van der Waals surface area contributed by atoms with E-state index in [9.17, 15) is 9.90 Å². The van der Waals surface area contributed by atoms with Crippen molar-refractivity contribution in [2.45, 2.75) is 18.9 Å². The number of aliphatic carboxylic acids is 1. The van der Waals surface area contributed by atoms with Crippen molar-refractivity contribution in [2.75, 3.05) is 11.4 Å². The summed E-state index contributed by atoms with van der Waals surface area (Å²) in [5.74, 6) is -0.697. The minimum Gasteiger partial charge on any atom is -0.508 e. The van der Waals surface area contributed by atoms with Crippen molar-refractivity contribution in [3.05, 3.63) is 107 Å². The molecule has 1 aromatic heterocycles. The molecule has 3 aromatic carbocycles. The first-order valence-corrected chi connectivity index (χ1v) is 11.6. The summed E-state index contributed by atoms with van der Waals surface area (Å²) < 4.78 is 1.86. The first-order chi connectivity index (χ1) is 16.9. The molecule has 2 N–H and O–H groups in total. The van der Waals surface area contributed by atoms with Gasteiger partial charge in [0.05, 0.1) is 11.2 Å². The van der Waals surface area contributed by atoms with Gasteiger partial charge in [0.1, 0.15) is 5.75 Å². The molecule has 35 heavy (non-hydrogen) atoms. The Morgan fingerprint density at radius 3 is 2.43 bits per heavy atom. The summed E-state index contributed by atoms with van der Waals surface area (Å²) in [5, 5.41) is 23.3. The zero-order valence-electron chi connectivity index (χ0n) is 19.7. The van der Waals surface area contributed by atoms with E-state index < -0.39 is 11.5 Å². The highest BCUT2D eigenvalue weighted by Gasteiger charge is 2.40. The third kappa shape index (κ3) is 4.08. The van der Waals surface area contributed by atoms with Crippen LogP contribution in [0.1, 0.15) is 29.2 Å². The number of hydrogen-bond acceptors (Lipinski definition) is 4. The summed E-state index contributed by atoms with van der Waals surface area (Å²) in [5.41, 5.74) is 6.98. The number of aryl methyl sites for hydroxylation is 1. The van der Waals surface area contributed by atoms with Gasteiger partial charge in [-0.25, -0.2) is 4.79 Å². The number of carbonyl (C=O) groups is 1. The number of anilines is 1. The van der Waals surface area contributed by atoms with E-state index >= 15 is 0 Å². The van der Waals surface area contributed by atoms with Crippen molar-refractivity contribution in [2.24, 2.45) is 7.05 Å². The molecule has 176 valence electrons. The lowest BCUT2D eigenvalue weighted by molar-refractivity contribution is -0.131. The van der Waals surface area contributed by atoms with Crippen LogP contribution in [0, 0.1) is 0 Å². The molecule has 4 aromatic rings. The average Bonchev–Trinajstić information content (AvgIpc) is 3.29. The molecule has 0 aliphatic carbocycles. The fourth-order valence-electron chi connectivity index (χ4n) is 5.12. The number of fused-ring (bicyclic) bond motifs is 1. The molecule has 6 heteroatoms. The van der Waals surface area contributed by atoms with Gasteiger partial charge in [0.15, 0.2) is 0 Å². The number of rotatable bonds is 5. The van der Waals surface area contributed by atoms with Gasteiger partial charge >= 0.3 is 5.97 Å². The van der Waals surface area contributed by atoms with Crippen LogP contribution < -0.4 is 4.90 Å². The molecule has 5 rings (SSSR count). The molecule has 1 aliphatic heterocycles. The van der Waals surface area contributed by atoms with Gasteiger partial charge < -0.3 is 15.1 Å². The van der Waals surface area contributed by atoms with Crippen molar-refractivity contribution in [3.63, 3.8) is 0 Å². The second kappa shape index (κ2) is 8.80. The Balaban J connectivity index is 1.58. The number of carboxylic acid groups (broad SMARTS) is 1. The smallest absolute Gasteiger partial charge is 0.328 e. The summed E-state index contributed by atoms with van der Waals surface area (Å²) in [6, 6.07) is 24.2. The van der Waals surface area contributed by atoms with E-state index in [0.29, 0.717) is 0 Å². The number of phenols is 1. The third-order valence-electron chi connectivity index (χ3n) is 6.94. The van der Waals surface area contributed by atoms with E-state index in [0.717, 1.165) is 58.2 Å². The standard InChI is InChI=1S/C29H27N3O3/c1-29(23-8-3-20(4-9-23)5-14-28(34)35)26-13-12-25(33)19-22(26)16-18-32(29)24-10-6-21(7-11-24)27-15-17-30-31(27)2/h3-15,17,19,33H,16,18H2,1-2H3,(H,34,35). The highest BCUT2D eigenvalue weighted by molar-refractivity contribution is 5.85. The maximum absolute atomic E-state index is 10.9. The minimum atomic E-state index is -0.970. The Morgan fingerprint density at radius 1 is 1.03 bits per heavy atom. The Labute approximate surface area is 204 Å². The van der Waals surface area contributed by atoms with Crippen LogP contribution in [0.5, 0.6) is 5.75 Å². The first-order valence-electron chi connectivity index (χ1n) is 11.6. The molecule has 1 aliphatic rings. The molecule has 0 amide bonds. The topological polar surface area (TPSA) is 78.6 Å². The molecule has 0 saturated heterocycles. The second-order valence-corrected chi connectivity index (χ2v) is 9.00. The highest BCUT2D eigenvalue weighted by Crippen LogP contribution is 2.44. The van der Waals surface area contributed by atoms with Crippen LogP contribution in [0.2, 0.25) is 0 Å². The monoisotopic (exact) mass is 465 g/mol. The number of carboxylic acids is 1. The number of hydrogen-bond donors (Lipinski definition) is 2. The van der Waals surface area contributed by atoms with Crippen molar-refractivity contribution < 1.29 is 15.0 Å². The highest BCUT2D eigenvalue weighted by atomic mass is 16.4. The van der Waals surface area contributed by atoms with Gasteiger partial charge in [-0.3, -0.25) is 4.68 Å². The van der Waals surface area contributed by atoms with E-state index in [1.807, 2.05) is 42.1 Å². The molecule has 0 saturated carbocycles. The molecule has 1 atom stereocenters. The van der Waals surface area contributed by atoms with E-state index in [-0.39, 0.29) is 5.75 Å². The van der Waals surface area contributed by atoms with Gasteiger partial charge in [-0.15, -0.1) is 0 Å². The number of phenolic OH excluding ortho intramolecular Hbond substituents is 1. The molecule has 0 fully saturated rings. The van der Waals surface area contributed by atoms with Crippen molar-refractivity contribution in [1.82, 2.24) is 9.78 Å². The number of aromatic nitrogens is 2. The van der Waals surface area contributed by atoms with Gasteiger partial charge in [-0.2, -0.15) is 5.10 Å². The van der Waals surface area contributed by atoms with E-state index in [1.165, 1.54) is 0 Å². The molecule has 0 bridgehead atoms. The summed E-state index contributed by atoms with van der Waals surface area (Å²) in [6.07, 6.45) is 5.36. The lowest BCUT2D eigenvalue weighted by Crippen LogP contribution is -2.49. The van der Waals surface area contributed by atoms with Crippen LogP contribution in [0.4, 0.5) is 5.69 Å². The third-order valence-corrected chi connectivity index (χ3v) is 6.94. The lowest BCUT2D eigenvalue weighted by atomic mass is 9.76. The van der Waals surface area contributed by atoms with E-state index in [4.69, 9.17) is 5.11 Å². The van der Waals surface area contributed by atoms with Gasteiger partial charge in [-0.1, -0.05) is 42.5 Å². The Morgan fingerprint density at radius 2 is 1.77 bits per heavy atom. The molecular weight excluding hydrogens is 438 g/mol. The fourth-order valence-corrected chi connectivity index (χ4v) is 5.12. The average molecular weight is 466 g/mol. The minimum absolute atomic E-state index is 0.272. The van der Waals surface area contributed by atoms with Gasteiger partial charge in [-0.05, 0) is 77.6 Å². The first kappa shape index (κ1) is 22.5. The van der Waals surface area contributed by atoms with Crippen molar-refractivity contribution in [3.8, 4) is 17.0 Å². The predicted molar refractivity (Wildman–Crippen MR) is 137 cm³/mol. The normalized spacial score (nSPS) is 17.5. The van der Waals surface area contributed by atoms with E-state index in [1.54, 1.807) is 18.3 Å². The predicted octanol–water partition coefficient (Wildman–Crippen LogP) is 5.22.